The molecule has 0 saturated carbocycles. The van der Waals surface area contributed by atoms with Gasteiger partial charge in [-0.2, -0.15) is 0 Å². The van der Waals surface area contributed by atoms with E-state index in [0.29, 0.717) is 31.2 Å². The lowest BCUT2D eigenvalue weighted by Gasteiger charge is -2.26. The van der Waals surface area contributed by atoms with Crippen molar-refractivity contribution in [2.45, 2.75) is 32.3 Å². The lowest BCUT2D eigenvalue weighted by atomic mass is 9.96. The highest BCUT2D eigenvalue weighted by atomic mass is 16.5. The highest BCUT2D eigenvalue weighted by Gasteiger charge is 2.19. The van der Waals surface area contributed by atoms with Gasteiger partial charge >= 0.3 is 0 Å². The molecule has 2 aliphatic heterocycles. The second-order valence-electron chi connectivity index (χ2n) is 6.13. The van der Waals surface area contributed by atoms with E-state index in [1.807, 2.05) is 18.2 Å². The Morgan fingerprint density at radius 2 is 2.09 bits per heavy atom. The predicted molar refractivity (Wildman–Crippen MR) is 90.3 cm³/mol. The van der Waals surface area contributed by atoms with Crippen molar-refractivity contribution in [2.75, 3.05) is 31.7 Å². The number of nitrogens with zero attached hydrogens (tertiary/aromatic N) is 1. The van der Waals surface area contributed by atoms with Crippen molar-refractivity contribution in [3.8, 4) is 11.5 Å². The first-order chi connectivity index (χ1) is 11.2. The van der Waals surface area contributed by atoms with E-state index in [2.05, 4.69) is 17.2 Å². The molecule has 2 unspecified atom stereocenters. The van der Waals surface area contributed by atoms with E-state index in [9.17, 15) is 0 Å². The van der Waals surface area contributed by atoms with Gasteiger partial charge in [0.2, 0.25) is 0 Å². The number of anilines is 1. The molecule has 0 bridgehead atoms. The molecule has 0 amide bonds. The summed E-state index contributed by atoms with van der Waals surface area (Å²) >= 11 is 0. The standard InChI is InChI=1S/C17H25N3O3/c1-12-9-13(5-8-21-12)11-19-17(18)20-14-3-4-15-16(10-14)23-7-2-6-22-15/h3-4,10,12-13H,2,5-9,11H2,1H3,(H3,18,19,20). The fraction of sp³-hybridized carbons (Fsp3) is 0.588. The summed E-state index contributed by atoms with van der Waals surface area (Å²) in [6.45, 7) is 5.01. The molecule has 0 spiro atoms. The molecule has 2 aliphatic rings. The fourth-order valence-corrected chi connectivity index (χ4v) is 2.91. The molecule has 126 valence electrons. The Kier molecular flexibility index (Phi) is 5.23. The first kappa shape index (κ1) is 15.9. The second-order valence-corrected chi connectivity index (χ2v) is 6.13. The molecule has 1 aromatic carbocycles. The molecule has 1 fully saturated rings. The third-order valence-corrected chi connectivity index (χ3v) is 4.13. The van der Waals surface area contributed by atoms with Crippen molar-refractivity contribution in [1.29, 1.82) is 0 Å². The number of rotatable bonds is 3. The summed E-state index contributed by atoms with van der Waals surface area (Å²) in [6, 6.07) is 5.72. The van der Waals surface area contributed by atoms with Crippen LogP contribution in [-0.2, 0) is 4.74 Å². The van der Waals surface area contributed by atoms with Gasteiger partial charge in [-0.15, -0.1) is 0 Å². The Hall–Kier alpha value is -1.95. The number of fused-ring (bicyclic) bond motifs is 1. The number of nitrogens with two attached hydrogens (primary N) is 1. The minimum absolute atomic E-state index is 0.319. The number of hydrogen-bond acceptors (Lipinski definition) is 4. The minimum Gasteiger partial charge on any atom is -0.490 e. The molecule has 23 heavy (non-hydrogen) atoms. The molecule has 0 aromatic heterocycles. The van der Waals surface area contributed by atoms with Crippen molar-refractivity contribution < 1.29 is 14.2 Å². The van der Waals surface area contributed by atoms with Gasteiger partial charge in [0.15, 0.2) is 17.5 Å². The zero-order valence-electron chi connectivity index (χ0n) is 13.6. The second kappa shape index (κ2) is 7.55. The molecule has 3 rings (SSSR count). The Morgan fingerprint density at radius 1 is 1.26 bits per heavy atom. The van der Waals surface area contributed by atoms with Crippen LogP contribution in [0.25, 0.3) is 0 Å². The molecule has 2 atom stereocenters. The molecule has 0 radical (unpaired) electrons. The van der Waals surface area contributed by atoms with Crippen LogP contribution in [0.1, 0.15) is 26.2 Å². The van der Waals surface area contributed by atoms with Gasteiger partial charge in [-0.05, 0) is 37.8 Å². The largest absolute Gasteiger partial charge is 0.490 e. The lowest BCUT2D eigenvalue weighted by Crippen LogP contribution is -2.27. The van der Waals surface area contributed by atoms with E-state index in [0.717, 1.165) is 49.6 Å². The van der Waals surface area contributed by atoms with Gasteiger partial charge in [0.25, 0.3) is 0 Å². The smallest absolute Gasteiger partial charge is 0.193 e. The third kappa shape index (κ3) is 4.51. The molecule has 6 nitrogen and oxygen atoms in total. The van der Waals surface area contributed by atoms with Crippen LogP contribution in [0.3, 0.4) is 0 Å². The number of benzene rings is 1. The summed E-state index contributed by atoms with van der Waals surface area (Å²) in [5.41, 5.74) is 6.86. The maximum atomic E-state index is 6.00. The molecule has 6 heteroatoms. The maximum Gasteiger partial charge on any atom is 0.193 e. The fourth-order valence-electron chi connectivity index (χ4n) is 2.91. The Bertz CT molecular complexity index is 562. The van der Waals surface area contributed by atoms with Crippen molar-refractivity contribution in [1.82, 2.24) is 0 Å². The Morgan fingerprint density at radius 3 is 2.91 bits per heavy atom. The van der Waals surface area contributed by atoms with Crippen LogP contribution < -0.4 is 20.5 Å². The van der Waals surface area contributed by atoms with Crippen LogP contribution in [0.4, 0.5) is 5.69 Å². The monoisotopic (exact) mass is 319 g/mol. The van der Waals surface area contributed by atoms with E-state index >= 15 is 0 Å². The lowest BCUT2D eigenvalue weighted by molar-refractivity contribution is 0.00482. The van der Waals surface area contributed by atoms with E-state index in [1.54, 1.807) is 0 Å². The van der Waals surface area contributed by atoms with Crippen molar-refractivity contribution in [3.63, 3.8) is 0 Å². The minimum atomic E-state index is 0.319. The van der Waals surface area contributed by atoms with E-state index < -0.39 is 0 Å². The molecular formula is C17H25N3O3. The summed E-state index contributed by atoms with van der Waals surface area (Å²) < 4.78 is 16.8. The number of aliphatic imine (C=N–C) groups is 1. The van der Waals surface area contributed by atoms with Crippen LogP contribution in [0.2, 0.25) is 0 Å². The summed E-state index contributed by atoms with van der Waals surface area (Å²) in [4.78, 5) is 4.46. The summed E-state index contributed by atoms with van der Waals surface area (Å²) in [7, 11) is 0. The van der Waals surface area contributed by atoms with E-state index in [1.165, 1.54) is 0 Å². The topological polar surface area (TPSA) is 78.1 Å². The van der Waals surface area contributed by atoms with Gasteiger partial charge in [0.1, 0.15) is 0 Å². The summed E-state index contributed by atoms with van der Waals surface area (Å²) in [5, 5.41) is 3.12. The molecule has 3 N–H and O–H groups in total. The number of nitrogens with one attached hydrogen (secondary N) is 1. The summed E-state index contributed by atoms with van der Waals surface area (Å²) in [5.74, 6) is 2.50. The highest BCUT2D eigenvalue weighted by Crippen LogP contribution is 2.32. The van der Waals surface area contributed by atoms with E-state index in [4.69, 9.17) is 19.9 Å². The predicted octanol–water partition coefficient (Wildman–Crippen LogP) is 2.39. The molecular weight excluding hydrogens is 294 g/mol. The molecule has 1 saturated heterocycles. The maximum absolute atomic E-state index is 6.00. The molecule has 2 heterocycles. The SMILES string of the molecule is CC1CC(CN=C(N)Nc2ccc3c(c2)OCCCO3)CCO1. The average Bonchev–Trinajstić information content (AvgIpc) is 2.78. The first-order valence-corrected chi connectivity index (χ1v) is 8.29. The van der Waals surface area contributed by atoms with Crippen molar-refractivity contribution in [2.24, 2.45) is 16.6 Å². The highest BCUT2D eigenvalue weighted by molar-refractivity contribution is 5.92. The van der Waals surface area contributed by atoms with Gasteiger partial charge in [-0.25, -0.2) is 0 Å². The molecule has 1 aromatic rings. The third-order valence-electron chi connectivity index (χ3n) is 4.13. The van der Waals surface area contributed by atoms with Crippen LogP contribution in [0.5, 0.6) is 11.5 Å². The normalized spacial score (nSPS) is 24.8. The van der Waals surface area contributed by atoms with Crippen LogP contribution >= 0.6 is 0 Å². The quantitative estimate of drug-likeness (QED) is 0.661. The Labute approximate surface area is 137 Å². The van der Waals surface area contributed by atoms with Crippen LogP contribution in [0.15, 0.2) is 23.2 Å². The summed E-state index contributed by atoms with van der Waals surface area (Å²) in [6.07, 6.45) is 3.30. The Balaban J connectivity index is 1.57. The van der Waals surface area contributed by atoms with Crippen LogP contribution in [-0.4, -0.2) is 38.4 Å². The number of ether oxygens (including phenoxy) is 3. The van der Waals surface area contributed by atoms with E-state index in [-0.39, 0.29) is 0 Å². The zero-order valence-corrected chi connectivity index (χ0v) is 13.6. The van der Waals surface area contributed by atoms with Crippen LogP contribution in [0, 0.1) is 5.92 Å². The van der Waals surface area contributed by atoms with Crippen molar-refractivity contribution in [3.05, 3.63) is 18.2 Å². The van der Waals surface area contributed by atoms with Crippen molar-refractivity contribution >= 4 is 11.6 Å². The number of guanidine groups is 1. The average molecular weight is 319 g/mol. The van der Waals surface area contributed by atoms with Gasteiger partial charge in [-0.3, -0.25) is 4.99 Å². The molecule has 0 aliphatic carbocycles. The van der Waals surface area contributed by atoms with Gasteiger partial charge in [0, 0.05) is 31.3 Å². The number of hydrogen-bond donors (Lipinski definition) is 2. The van der Waals surface area contributed by atoms with Gasteiger partial charge < -0.3 is 25.3 Å². The first-order valence-electron chi connectivity index (χ1n) is 8.29. The van der Waals surface area contributed by atoms with Gasteiger partial charge in [0.05, 0.1) is 19.3 Å². The zero-order chi connectivity index (χ0) is 16.1. The van der Waals surface area contributed by atoms with Gasteiger partial charge in [-0.1, -0.05) is 0 Å².